The summed E-state index contributed by atoms with van der Waals surface area (Å²) in [5.41, 5.74) is 2.34. The molecule has 2 heterocycles. The van der Waals surface area contributed by atoms with Gasteiger partial charge in [0.1, 0.15) is 6.04 Å². The van der Waals surface area contributed by atoms with Crippen LogP contribution in [0.3, 0.4) is 0 Å². The van der Waals surface area contributed by atoms with E-state index in [1.807, 2.05) is 12.1 Å². The highest BCUT2D eigenvalue weighted by Gasteiger charge is 2.33. The van der Waals surface area contributed by atoms with Crippen molar-refractivity contribution in [3.8, 4) is 0 Å². The average molecular weight is 398 g/mol. The van der Waals surface area contributed by atoms with Gasteiger partial charge < -0.3 is 14.6 Å². The standard InChI is InChI=1S/C23H31N3O3/c1-3-25(4-2)17-19-11-6-5-10-18(19)16-24-22(27)20-12-7-8-14-26(20)23(28)21-13-9-15-29-21/h5-6,9-11,13,15,20H,3-4,7-8,12,14,16-17H2,1-2H3,(H,24,27). The van der Waals surface area contributed by atoms with Crippen molar-refractivity contribution in [3.63, 3.8) is 0 Å². The quantitative estimate of drug-likeness (QED) is 0.741. The largest absolute Gasteiger partial charge is 0.459 e. The van der Waals surface area contributed by atoms with Gasteiger partial charge in [0.2, 0.25) is 5.91 Å². The van der Waals surface area contributed by atoms with E-state index in [4.69, 9.17) is 4.42 Å². The number of nitrogens with zero attached hydrogens (tertiary/aromatic N) is 2. The number of rotatable bonds is 8. The summed E-state index contributed by atoms with van der Waals surface area (Å²) in [5, 5.41) is 3.07. The molecule has 1 aromatic heterocycles. The van der Waals surface area contributed by atoms with Crippen LogP contribution < -0.4 is 5.32 Å². The number of carbonyl (C=O) groups excluding carboxylic acids is 2. The molecule has 0 saturated carbocycles. The van der Waals surface area contributed by atoms with E-state index in [0.29, 0.717) is 19.5 Å². The first-order chi connectivity index (χ1) is 14.1. The van der Waals surface area contributed by atoms with E-state index in [0.717, 1.165) is 38.0 Å². The minimum Gasteiger partial charge on any atom is -0.459 e. The van der Waals surface area contributed by atoms with Gasteiger partial charge in [0.15, 0.2) is 5.76 Å². The molecule has 1 fully saturated rings. The molecule has 0 radical (unpaired) electrons. The van der Waals surface area contributed by atoms with Crippen LogP contribution in [0, 0.1) is 0 Å². The van der Waals surface area contributed by atoms with Crippen molar-refractivity contribution in [2.75, 3.05) is 19.6 Å². The predicted molar refractivity (Wildman–Crippen MR) is 112 cm³/mol. The van der Waals surface area contributed by atoms with Crippen LogP contribution in [0.25, 0.3) is 0 Å². The van der Waals surface area contributed by atoms with Gasteiger partial charge in [-0.3, -0.25) is 14.5 Å². The van der Waals surface area contributed by atoms with Crippen LogP contribution in [-0.4, -0.2) is 47.3 Å². The molecule has 6 heteroatoms. The Morgan fingerprint density at radius 1 is 1.10 bits per heavy atom. The lowest BCUT2D eigenvalue weighted by Gasteiger charge is -2.34. The van der Waals surface area contributed by atoms with Gasteiger partial charge in [0.25, 0.3) is 5.91 Å². The van der Waals surface area contributed by atoms with Crippen molar-refractivity contribution in [2.24, 2.45) is 0 Å². The lowest BCUT2D eigenvalue weighted by molar-refractivity contribution is -0.126. The van der Waals surface area contributed by atoms with Gasteiger partial charge >= 0.3 is 0 Å². The second kappa shape index (κ2) is 10.3. The van der Waals surface area contributed by atoms with E-state index in [-0.39, 0.29) is 17.6 Å². The molecule has 2 aromatic rings. The van der Waals surface area contributed by atoms with Crippen LogP contribution >= 0.6 is 0 Å². The van der Waals surface area contributed by atoms with Crippen LogP contribution in [0.15, 0.2) is 47.1 Å². The molecule has 29 heavy (non-hydrogen) atoms. The van der Waals surface area contributed by atoms with Gasteiger partial charge in [-0.1, -0.05) is 38.1 Å². The van der Waals surface area contributed by atoms with Gasteiger partial charge in [0, 0.05) is 19.6 Å². The molecule has 1 aromatic carbocycles. The molecular formula is C23H31N3O3. The minimum atomic E-state index is -0.448. The number of hydrogen-bond donors (Lipinski definition) is 1. The Morgan fingerprint density at radius 3 is 2.55 bits per heavy atom. The summed E-state index contributed by atoms with van der Waals surface area (Å²) >= 11 is 0. The molecule has 156 valence electrons. The molecule has 1 unspecified atom stereocenters. The Bertz CT molecular complexity index is 799. The van der Waals surface area contributed by atoms with E-state index < -0.39 is 6.04 Å². The lowest BCUT2D eigenvalue weighted by atomic mass is 10.0. The second-order valence-electron chi connectivity index (χ2n) is 7.44. The molecule has 0 aliphatic carbocycles. The van der Waals surface area contributed by atoms with Gasteiger partial charge in [-0.25, -0.2) is 0 Å². The normalized spacial score (nSPS) is 16.8. The molecule has 1 N–H and O–H groups in total. The van der Waals surface area contributed by atoms with E-state index in [2.05, 4.69) is 36.2 Å². The molecule has 3 rings (SSSR count). The summed E-state index contributed by atoms with van der Waals surface area (Å²) in [7, 11) is 0. The minimum absolute atomic E-state index is 0.0951. The SMILES string of the molecule is CCN(CC)Cc1ccccc1CNC(=O)C1CCCCN1C(=O)c1ccco1. The van der Waals surface area contributed by atoms with E-state index in [1.165, 1.54) is 11.8 Å². The summed E-state index contributed by atoms with van der Waals surface area (Å²) in [6.07, 6.45) is 4.01. The number of likely N-dealkylation sites (tertiary alicyclic amines) is 1. The van der Waals surface area contributed by atoms with E-state index in [9.17, 15) is 9.59 Å². The third-order valence-electron chi connectivity index (χ3n) is 5.66. The fraction of sp³-hybridized carbons (Fsp3) is 0.478. The molecular weight excluding hydrogens is 366 g/mol. The fourth-order valence-corrected chi connectivity index (χ4v) is 3.86. The Balaban J connectivity index is 1.66. The molecule has 6 nitrogen and oxygen atoms in total. The maximum absolute atomic E-state index is 13.0. The molecule has 1 saturated heterocycles. The highest BCUT2D eigenvalue weighted by molar-refractivity contribution is 5.95. The van der Waals surface area contributed by atoms with Crippen molar-refractivity contribution < 1.29 is 14.0 Å². The monoisotopic (exact) mass is 397 g/mol. The summed E-state index contributed by atoms with van der Waals surface area (Å²) < 4.78 is 5.25. The second-order valence-corrected chi connectivity index (χ2v) is 7.44. The average Bonchev–Trinajstić information content (AvgIpc) is 3.31. The van der Waals surface area contributed by atoms with Crippen molar-refractivity contribution >= 4 is 11.8 Å². The van der Waals surface area contributed by atoms with Crippen molar-refractivity contribution in [3.05, 3.63) is 59.5 Å². The molecule has 0 bridgehead atoms. The third kappa shape index (κ3) is 5.26. The van der Waals surface area contributed by atoms with Gasteiger partial charge in [-0.05, 0) is 55.6 Å². The summed E-state index contributed by atoms with van der Waals surface area (Å²) in [5.74, 6) is -0.0201. The van der Waals surface area contributed by atoms with E-state index in [1.54, 1.807) is 17.0 Å². The molecule has 1 aliphatic rings. The molecule has 2 amide bonds. The first-order valence-corrected chi connectivity index (χ1v) is 10.5. The predicted octanol–water partition coefficient (Wildman–Crippen LogP) is 3.43. The first kappa shape index (κ1) is 21.1. The van der Waals surface area contributed by atoms with Crippen LogP contribution in [-0.2, 0) is 17.9 Å². The zero-order chi connectivity index (χ0) is 20.6. The van der Waals surface area contributed by atoms with Crippen molar-refractivity contribution in [1.82, 2.24) is 15.1 Å². The summed E-state index contributed by atoms with van der Waals surface area (Å²) in [6.45, 7) is 8.20. The van der Waals surface area contributed by atoms with Gasteiger partial charge in [0.05, 0.1) is 6.26 Å². The third-order valence-corrected chi connectivity index (χ3v) is 5.66. The number of benzene rings is 1. The maximum atomic E-state index is 13.0. The zero-order valence-electron chi connectivity index (χ0n) is 17.4. The smallest absolute Gasteiger partial charge is 0.290 e. The fourth-order valence-electron chi connectivity index (χ4n) is 3.86. The maximum Gasteiger partial charge on any atom is 0.290 e. The Labute approximate surface area is 172 Å². The number of hydrogen-bond acceptors (Lipinski definition) is 4. The van der Waals surface area contributed by atoms with Crippen LogP contribution in [0.1, 0.15) is 54.8 Å². The van der Waals surface area contributed by atoms with Crippen LogP contribution in [0.5, 0.6) is 0 Å². The summed E-state index contributed by atoms with van der Waals surface area (Å²) in [6, 6.07) is 11.1. The van der Waals surface area contributed by atoms with Gasteiger partial charge in [-0.2, -0.15) is 0 Å². The van der Waals surface area contributed by atoms with Crippen LogP contribution in [0.2, 0.25) is 0 Å². The topological polar surface area (TPSA) is 65.8 Å². The van der Waals surface area contributed by atoms with Crippen molar-refractivity contribution in [1.29, 1.82) is 0 Å². The number of amides is 2. The Kier molecular flexibility index (Phi) is 7.47. The first-order valence-electron chi connectivity index (χ1n) is 10.5. The number of nitrogens with one attached hydrogen (secondary N) is 1. The lowest BCUT2D eigenvalue weighted by Crippen LogP contribution is -2.51. The van der Waals surface area contributed by atoms with Crippen molar-refractivity contribution in [2.45, 2.75) is 52.2 Å². The van der Waals surface area contributed by atoms with Crippen LogP contribution in [0.4, 0.5) is 0 Å². The van der Waals surface area contributed by atoms with E-state index >= 15 is 0 Å². The number of piperidine rings is 1. The number of furan rings is 1. The molecule has 0 spiro atoms. The Hall–Kier alpha value is -2.60. The van der Waals surface area contributed by atoms with Gasteiger partial charge in [-0.15, -0.1) is 0 Å². The molecule has 1 atom stereocenters. The zero-order valence-corrected chi connectivity index (χ0v) is 17.4. The highest BCUT2D eigenvalue weighted by Crippen LogP contribution is 2.21. The molecule has 1 aliphatic heterocycles. The number of carbonyl (C=O) groups is 2. The highest BCUT2D eigenvalue weighted by atomic mass is 16.3. The Morgan fingerprint density at radius 2 is 1.86 bits per heavy atom. The summed E-state index contributed by atoms with van der Waals surface area (Å²) in [4.78, 5) is 29.7.